The van der Waals surface area contributed by atoms with Crippen LogP contribution in [0.15, 0.2) is 55.8 Å². The largest absolute Gasteiger partial charge is 0.370 e. The molecule has 1 aromatic rings. The van der Waals surface area contributed by atoms with Crippen molar-refractivity contribution in [3.8, 4) is 0 Å². The average Bonchev–Trinajstić information content (AvgIpc) is 2.36. The molecule has 0 unspecified atom stereocenters. The van der Waals surface area contributed by atoms with Crippen molar-refractivity contribution in [2.45, 2.75) is 0 Å². The fraction of sp³-hybridized carbons (Fsp3) is 0.143. The van der Waals surface area contributed by atoms with Gasteiger partial charge < -0.3 is 4.90 Å². The molecule has 0 aromatic heterocycles. The van der Waals surface area contributed by atoms with E-state index in [1.807, 2.05) is 11.1 Å². The average molecular weight is 244 g/mol. The van der Waals surface area contributed by atoms with Crippen LogP contribution in [-0.4, -0.2) is 22.9 Å². The number of rotatable bonds is 7. The maximum atomic E-state index is 10.8. The quantitative estimate of drug-likeness (QED) is 0.420. The standard InChI is InChI=1S/C14H16N2O2/c1-3-10-15(11-4-2)12-9-13-7-5-6-8-14(13)16(17)18/h3-9,12H,1-2,10-11H2. The van der Waals surface area contributed by atoms with Crippen LogP contribution in [-0.2, 0) is 0 Å². The summed E-state index contributed by atoms with van der Waals surface area (Å²) >= 11 is 0. The van der Waals surface area contributed by atoms with Crippen LogP contribution in [0.4, 0.5) is 5.69 Å². The zero-order valence-corrected chi connectivity index (χ0v) is 10.2. The van der Waals surface area contributed by atoms with Crippen molar-refractivity contribution >= 4 is 11.8 Å². The van der Waals surface area contributed by atoms with Crippen LogP contribution < -0.4 is 0 Å². The molecule has 4 heteroatoms. The van der Waals surface area contributed by atoms with E-state index in [-0.39, 0.29) is 10.6 Å². The summed E-state index contributed by atoms with van der Waals surface area (Å²) in [5, 5.41) is 10.8. The van der Waals surface area contributed by atoms with Gasteiger partial charge in [0.05, 0.1) is 10.5 Å². The third-order valence-corrected chi connectivity index (χ3v) is 2.33. The first-order valence-electron chi connectivity index (χ1n) is 5.56. The summed E-state index contributed by atoms with van der Waals surface area (Å²) in [7, 11) is 0. The topological polar surface area (TPSA) is 46.4 Å². The van der Waals surface area contributed by atoms with Crippen molar-refractivity contribution < 1.29 is 4.92 Å². The van der Waals surface area contributed by atoms with Gasteiger partial charge in [0.2, 0.25) is 0 Å². The van der Waals surface area contributed by atoms with Gasteiger partial charge in [0.25, 0.3) is 5.69 Å². The molecule has 0 spiro atoms. The molecule has 0 saturated heterocycles. The second-order valence-electron chi connectivity index (χ2n) is 3.66. The number of nitro groups is 1. The summed E-state index contributed by atoms with van der Waals surface area (Å²) in [5.74, 6) is 0. The van der Waals surface area contributed by atoms with E-state index in [9.17, 15) is 10.1 Å². The Bertz CT molecular complexity index is 457. The molecule has 0 bridgehead atoms. The Morgan fingerprint density at radius 2 is 1.83 bits per heavy atom. The van der Waals surface area contributed by atoms with E-state index < -0.39 is 0 Å². The van der Waals surface area contributed by atoms with Crippen LogP contribution >= 0.6 is 0 Å². The van der Waals surface area contributed by atoms with Crippen LogP contribution in [0.25, 0.3) is 6.08 Å². The number of para-hydroxylation sites is 1. The molecule has 1 rings (SSSR count). The molecule has 0 aliphatic rings. The van der Waals surface area contributed by atoms with Crippen molar-refractivity contribution in [3.05, 3.63) is 71.5 Å². The second kappa shape index (κ2) is 7.06. The Hall–Kier alpha value is -2.36. The smallest absolute Gasteiger partial charge is 0.276 e. The van der Waals surface area contributed by atoms with Gasteiger partial charge in [-0.2, -0.15) is 0 Å². The summed E-state index contributed by atoms with van der Waals surface area (Å²) in [5.41, 5.74) is 0.687. The summed E-state index contributed by atoms with van der Waals surface area (Å²) in [6.45, 7) is 8.67. The number of hydrogen-bond donors (Lipinski definition) is 0. The van der Waals surface area contributed by atoms with E-state index in [0.29, 0.717) is 18.7 Å². The molecule has 0 aliphatic heterocycles. The molecule has 1 aromatic carbocycles. The molecule has 0 aliphatic carbocycles. The van der Waals surface area contributed by atoms with Crippen molar-refractivity contribution in [2.24, 2.45) is 0 Å². The first-order valence-corrected chi connectivity index (χ1v) is 5.56. The lowest BCUT2D eigenvalue weighted by atomic mass is 10.2. The Morgan fingerprint density at radius 3 is 2.39 bits per heavy atom. The van der Waals surface area contributed by atoms with Gasteiger partial charge in [-0.1, -0.05) is 24.3 Å². The van der Waals surface area contributed by atoms with Crippen molar-refractivity contribution in [3.63, 3.8) is 0 Å². The molecular weight excluding hydrogens is 228 g/mol. The zero-order valence-electron chi connectivity index (χ0n) is 10.2. The lowest BCUT2D eigenvalue weighted by Crippen LogP contribution is -2.16. The fourth-order valence-electron chi connectivity index (χ4n) is 1.51. The van der Waals surface area contributed by atoms with Gasteiger partial charge in [-0.3, -0.25) is 10.1 Å². The third kappa shape index (κ3) is 3.90. The molecule has 18 heavy (non-hydrogen) atoms. The van der Waals surface area contributed by atoms with E-state index >= 15 is 0 Å². The Labute approximate surface area is 107 Å². The zero-order chi connectivity index (χ0) is 13.4. The highest BCUT2D eigenvalue weighted by molar-refractivity contribution is 5.60. The van der Waals surface area contributed by atoms with E-state index in [1.165, 1.54) is 6.07 Å². The summed E-state index contributed by atoms with van der Waals surface area (Å²) in [4.78, 5) is 12.4. The minimum atomic E-state index is -0.384. The predicted octanol–water partition coefficient (Wildman–Crippen LogP) is 3.24. The molecule has 0 atom stereocenters. The van der Waals surface area contributed by atoms with Crippen LogP contribution in [0, 0.1) is 10.1 Å². The molecule has 0 amide bonds. The third-order valence-electron chi connectivity index (χ3n) is 2.33. The van der Waals surface area contributed by atoms with E-state index in [2.05, 4.69) is 13.2 Å². The number of hydrogen-bond acceptors (Lipinski definition) is 3. The first-order chi connectivity index (χ1) is 8.69. The van der Waals surface area contributed by atoms with Crippen LogP contribution in [0.2, 0.25) is 0 Å². The number of nitrogens with zero attached hydrogens (tertiary/aromatic N) is 2. The van der Waals surface area contributed by atoms with Gasteiger partial charge in [0, 0.05) is 25.4 Å². The maximum Gasteiger partial charge on any atom is 0.276 e. The normalized spacial score (nSPS) is 10.2. The lowest BCUT2D eigenvalue weighted by Gasteiger charge is -2.15. The number of nitro benzene ring substituents is 1. The molecule has 0 radical (unpaired) electrons. The summed E-state index contributed by atoms with van der Waals surface area (Å²) in [6, 6.07) is 6.64. The molecular formula is C14H16N2O2. The van der Waals surface area contributed by atoms with E-state index in [0.717, 1.165) is 0 Å². The predicted molar refractivity (Wildman–Crippen MR) is 74.1 cm³/mol. The van der Waals surface area contributed by atoms with Crippen LogP contribution in [0.5, 0.6) is 0 Å². The maximum absolute atomic E-state index is 10.8. The molecule has 0 N–H and O–H groups in total. The molecule has 94 valence electrons. The van der Waals surface area contributed by atoms with Gasteiger partial charge in [-0.25, -0.2) is 0 Å². The summed E-state index contributed by atoms with van der Waals surface area (Å²) in [6.07, 6.45) is 7.08. The second-order valence-corrected chi connectivity index (χ2v) is 3.66. The first kappa shape index (κ1) is 13.7. The highest BCUT2D eigenvalue weighted by Gasteiger charge is 2.09. The Balaban J connectivity index is 2.90. The molecule has 0 heterocycles. The molecule has 0 fully saturated rings. The highest BCUT2D eigenvalue weighted by Crippen LogP contribution is 2.19. The van der Waals surface area contributed by atoms with E-state index in [1.54, 1.807) is 36.4 Å². The van der Waals surface area contributed by atoms with Crippen molar-refractivity contribution in [1.82, 2.24) is 4.90 Å². The van der Waals surface area contributed by atoms with E-state index in [4.69, 9.17) is 0 Å². The van der Waals surface area contributed by atoms with Gasteiger partial charge in [-0.15, -0.1) is 13.2 Å². The molecule has 0 saturated carbocycles. The van der Waals surface area contributed by atoms with Crippen LogP contribution in [0.3, 0.4) is 0 Å². The van der Waals surface area contributed by atoms with Gasteiger partial charge in [0.1, 0.15) is 0 Å². The molecule has 4 nitrogen and oxygen atoms in total. The highest BCUT2D eigenvalue weighted by atomic mass is 16.6. The van der Waals surface area contributed by atoms with Crippen molar-refractivity contribution in [2.75, 3.05) is 13.1 Å². The minimum Gasteiger partial charge on any atom is -0.370 e. The monoisotopic (exact) mass is 244 g/mol. The van der Waals surface area contributed by atoms with Gasteiger partial charge in [0.15, 0.2) is 0 Å². The lowest BCUT2D eigenvalue weighted by molar-refractivity contribution is -0.385. The Morgan fingerprint density at radius 1 is 1.22 bits per heavy atom. The Kier molecular flexibility index (Phi) is 5.38. The SMILES string of the molecule is C=CCN(C=Cc1ccccc1[N+](=O)[O-])CC=C. The summed E-state index contributed by atoms with van der Waals surface area (Å²) < 4.78 is 0. The van der Waals surface area contributed by atoms with Crippen LogP contribution in [0.1, 0.15) is 5.56 Å². The van der Waals surface area contributed by atoms with Gasteiger partial charge in [-0.05, 0) is 12.1 Å². The minimum absolute atomic E-state index is 0.103. The number of benzene rings is 1. The van der Waals surface area contributed by atoms with Crippen molar-refractivity contribution in [1.29, 1.82) is 0 Å². The fourth-order valence-corrected chi connectivity index (χ4v) is 1.51. The van der Waals surface area contributed by atoms with Gasteiger partial charge >= 0.3 is 0 Å².